The first-order valence-corrected chi connectivity index (χ1v) is 9.35. The molecule has 0 saturated carbocycles. The lowest BCUT2D eigenvalue weighted by Gasteiger charge is -2.18. The van der Waals surface area contributed by atoms with E-state index in [1.54, 1.807) is 0 Å². The van der Waals surface area contributed by atoms with Gasteiger partial charge in [0.1, 0.15) is 0 Å². The minimum absolute atomic E-state index is 0.0886. The second-order valence-electron chi connectivity index (χ2n) is 5.39. The van der Waals surface area contributed by atoms with Crippen molar-refractivity contribution in [3.63, 3.8) is 0 Å². The molecule has 2 aromatic carbocycles. The Morgan fingerprint density at radius 1 is 1.15 bits per heavy atom. The molecule has 0 bridgehead atoms. The molecule has 0 aliphatic rings. The molecule has 0 spiro atoms. The lowest BCUT2D eigenvalue weighted by Crippen LogP contribution is -2.25. The average molecular weight is 407 g/mol. The number of para-hydroxylation sites is 1. The Kier molecular flexibility index (Phi) is 5.52. The first-order chi connectivity index (χ1) is 11.9. The van der Waals surface area contributed by atoms with Gasteiger partial charge in [0.25, 0.3) is 5.91 Å². The summed E-state index contributed by atoms with van der Waals surface area (Å²) in [7, 11) is -2.22. The minimum Gasteiger partial charge on any atom is -0.321 e. The zero-order valence-corrected chi connectivity index (χ0v) is 15.2. The van der Waals surface area contributed by atoms with Crippen LogP contribution >= 0.6 is 11.6 Å². The summed E-state index contributed by atoms with van der Waals surface area (Å²) in [4.78, 5) is 12.3. The van der Waals surface area contributed by atoms with Crippen LogP contribution in [0.3, 0.4) is 0 Å². The smallest absolute Gasteiger partial charge is 0.321 e. The Balaban J connectivity index is 2.32. The van der Waals surface area contributed by atoms with Crippen LogP contribution in [-0.2, 0) is 16.2 Å². The van der Waals surface area contributed by atoms with Gasteiger partial charge >= 0.3 is 6.18 Å². The molecule has 0 unspecified atom stereocenters. The maximum Gasteiger partial charge on any atom is 0.418 e. The average Bonchev–Trinajstić information content (AvgIpc) is 2.52. The highest BCUT2D eigenvalue weighted by Crippen LogP contribution is 2.35. The molecule has 10 heteroatoms. The quantitative estimate of drug-likeness (QED) is 0.834. The van der Waals surface area contributed by atoms with Crippen LogP contribution in [0, 0.1) is 0 Å². The maximum atomic E-state index is 13.0. The zero-order chi connectivity index (χ0) is 19.7. The van der Waals surface area contributed by atoms with E-state index in [4.69, 9.17) is 11.6 Å². The van der Waals surface area contributed by atoms with E-state index in [9.17, 15) is 26.4 Å². The second-order valence-corrected chi connectivity index (χ2v) is 7.81. The van der Waals surface area contributed by atoms with Crippen molar-refractivity contribution in [3.8, 4) is 0 Å². The Labute approximate surface area is 153 Å². The van der Waals surface area contributed by atoms with E-state index < -0.39 is 33.4 Å². The summed E-state index contributed by atoms with van der Waals surface area (Å²) in [6, 6.07) is 8.36. The molecule has 5 nitrogen and oxygen atoms in total. The number of rotatable bonds is 4. The molecule has 1 N–H and O–H groups in total. The predicted molar refractivity (Wildman–Crippen MR) is 94.1 cm³/mol. The van der Waals surface area contributed by atoms with Gasteiger partial charge in [-0.3, -0.25) is 9.10 Å². The van der Waals surface area contributed by atoms with Crippen molar-refractivity contribution >= 4 is 38.9 Å². The third-order valence-electron chi connectivity index (χ3n) is 3.54. The van der Waals surface area contributed by atoms with Crippen molar-refractivity contribution in [1.82, 2.24) is 0 Å². The molecule has 0 aliphatic heterocycles. The fourth-order valence-electron chi connectivity index (χ4n) is 2.10. The fraction of sp³-hybridized carbons (Fsp3) is 0.188. The summed E-state index contributed by atoms with van der Waals surface area (Å²) in [5, 5.41) is 2.08. The van der Waals surface area contributed by atoms with Crippen molar-refractivity contribution in [2.45, 2.75) is 6.18 Å². The SMILES string of the molecule is CN(c1ccc(C(=O)Nc2ccccc2C(F)(F)F)c(Cl)c1)S(C)(=O)=O. The molecular weight excluding hydrogens is 393 g/mol. The van der Waals surface area contributed by atoms with Crippen LogP contribution in [0.25, 0.3) is 0 Å². The van der Waals surface area contributed by atoms with Gasteiger partial charge in [-0.05, 0) is 30.3 Å². The summed E-state index contributed by atoms with van der Waals surface area (Å²) in [6.45, 7) is 0. The number of nitrogens with one attached hydrogen (secondary N) is 1. The van der Waals surface area contributed by atoms with Gasteiger partial charge in [-0.15, -0.1) is 0 Å². The molecule has 1 amide bonds. The van der Waals surface area contributed by atoms with E-state index >= 15 is 0 Å². The number of benzene rings is 2. The Morgan fingerprint density at radius 3 is 2.31 bits per heavy atom. The summed E-state index contributed by atoms with van der Waals surface area (Å²) in [6.07, 6.45) is -3.63. The molecule has 0 aliphatic carbocycles. The number of sulfonamides is 1. The van der Waals surface area contributed by atoms with Crippen LogP contribution in [0.1, 0.15) is 15.9 Å². The highest BCUT2D eigenvalue weighted by Gasteiger charge is 2.33. The Hall–Kier alpha value is -2.26. The number of carbonyl (C=O) groups excluding carboxylic acids is 1. The Morgan fingerprint density at radius 2 is 1.77 bits per heavy atom. The van der Waals surface area contributed by atoms with Crippen LogP contribution in [-0.4, -0.2) is 27.6 Å². The summed E-state index contributed by atoms with van der Waals surface area (Å²) in [5.74, 6) is -0.847. The van der Waals surface area contributed by atoms with E-state index in [1.807, 2.05) is 0 Å². The monoisotopic (exact) mass is 406 g/mol. The van der Waals surface area contributed by atoms with Crippen LogP contribution in [0.15, 0.2) is 42.5 Å². The van der Waals surface area contributed by atoms with Gasteiger partial charge in [0.2, 0.25) is 10.0 Å². The van der Waals surface area contributed by atoms with E-state index in [0.717, 1.165) is 22.7 Å². The second kappa shape index (κ2) is 7.16. The van der Waals surface area contributed by atoms with E-state index in [0.29, 0.717) is 0 Å². The third-order valence-corrected chi connectivity index (χ3v) is 5.06. The van der Waals surface area contributed by atoms with Crippen LogP contribution in [0.5, 0.6) is 0 Å². The van der Waals surface area contributed by atoms with Gasteiger partial charge in [-0.1, -0.05) is 23.7 Å². The number of hydrogen-bond donors (Lipinski definition) is 1. The maximum absolute atomic E-state index is 13.0. The van der Waals surface area contributed by atoms with Crippen molar-refractivity contribution in [2.75, 3.05) is 22.9 Å². The molecule has 0 heterocycles. The van der Waals surface area contributed by atoms with Crippen LogP contribution in [0.2, 0.25) is 5.02 Å². The number of anilines is 2. The standard InChI is InChI=1S/C16H14ClF3N2O3S/c1-22(26(2,24)25)10-7-8-11(13(17)9-10)15(23)21-14-6-4-3-5-12(14)16(18,19)20/h3-9H,1-2H3,(H,21,23). The summed E-state index contributed by atoms with van der Waals surface area (Å²) in [5.41, 5.74) is -1.27. The van der Waals surface area contributed by atoms with Crippen molar-refractivity contribution in [3.05, 3.63) is 58.6 Å². The van der Waals surface area contributed by atoms with Gasteiger partial charge in [-0.2, -0.15) is 13.2 Å². The normalized spacial score (nSPS) is 11.9. The number of halogens is 4. The van der Waals surface area contributed by atoms with Gasteiger partial charge in [-0.25, -0.2) is 8.42 Å². The van der Waals surface area contributed by atoms with Crippen molar-refractivity contribution in [2.24, 2.45) is 0 Å². The van der Waals surface area contributed by atoms with Crippen molar-refractivity contribution in [1.29, 1.82) is 0 Å². The van der Waals surface area contributed by atoms with E-state index in [1.165, 1.54) is 37.4 Å². The van der Waals surface area contributed by atoms with Crippen LogP contribution < -0.4 is 9.62 Å². The lowest BCUT2D eigenvalue weighted by molar-refractivity contribution is -0.136. The van der Waals surface area contributed by atoms with E-state index in [2.05, 4.69) is 5.32 Å². The molecule has 140 valence electrons. The molecule has 0 radical (unpaired) electrons. The molecule has 26 heavy (non-hydrogen) atoms. The molecule has 2 aromatic rings. The molecule has 0 atom stereocenters. The van der Waals surface area contributed by atoms with Crippen LogP contribution in [0.4, 0.5) is 24.5 Å². The van der Waals surface area contributed by atoms with Gasteiger partial charge < -0.3 is 5.32 Å². The van der Waals surface area contributed by atoms with Crippen molar-refractivity contribution < 1.29 is 26.4 Å². The first kappa shape index (κ1) is 20.1. The predicted octanol–water partition coefficient (Wildman–Crippen LogP) is 4.01. The number of amides is 1. The lowest BCUT2D eigenvalue weighted by atomic mass is 10.1. The fourth-order valence-corrected chi connectivity index (χ4v) is 2.86. The zero-order valence-electron chi connectivity index (χ0n) is 13.6. The van der Waals surface area contributed by atoms with E-state index in [-0.39, 0.29) is 16.3 Å². The topological polar surface area (TPSA) is 66.5 Å². The largest absolute Gasteiger partial charge is 0.418 e. The third kappa shape index (κ3) is 4.47. The Bertz CT molecular complexity index is 946. The summed E-state index contributed by atoms with van der Waals surface area (Å²) < 4.78 is 63.0. The van der Waals surface area contributed by atoms with Gasteiger partial charge in [0.05, 0.1) is 33.8 Å². The number of nitrogens with zero attached hydrogens (tertiary/aromatic N) is 1. The highest BCUT2D eigenvalue weighted by molar-refractivity contribution is 7.92. The summed E-state index contributed by atoms with van der Waals surface area (Å²) >= 11 is 6.01. The molecular formula is C16H14ClF3N2O3S. The number of carbonyl (C=O) groups is 1. The first-order valence-electron chi connectivity index (χ1n) is 7.12. The minimum atomic E-state index is -4.63. The number of hydrogen-bond acceptors (Lipinski definition) is 3. The molecule has 0 saturated heterocycles. The highest BCUT2D eigenvalue weighted by atomic mass is 35.5. The molecule has 2 rings (SSSR count). The molecule has 0 aromatic heterocycles. The number of alkyl halides is 3. The van der Waals surface area contributed by atoms with Gasteiger partial charge in [0, 0.05) is 7.05 Å². The molecule has 0 fully saturated rings. The van der Waals surface area contributed by atoms with Gasteiger partial charge in [0.15, 0.2) is 0 Å².